The summed E-state index contributed by atoms with van der Waals surface area (Å²) in [5.41, 5.74) is 4.05. The molecule has 1 aliphatic rings. The quantitative estimate of drug-likeness (QED) is 0.479. The minimum Gasteiger partial charge on any atom is -0.464 e. The van der Waals surface area contributed by atoms with Gasteiger partial charge in [0.15, 0.2) is 4.80 Å². The number of carbonyl (C=O) groups is 1. The molecule has 1 aromatic carbocycles. The molecule has 9 heteroatoms. The molecule has 1 atom stereocenters. The summed E-state index contributed by atoms with van der Waals surface area (Å²) in [4.78, 5) is 32.4. The van der Waals surface area contributed by atoms with Crippen LogP contribution in [-0.2, 0) is 11.8 Å². The number of aryl methyl sites for hydroxylation is 3. The van der Waals surface area contributed by atoms with E-state index < -0.39 is 6.04 Å². The normalized spacial score (nSPS) is 15.8. The maximum atomic E-state index is 13.7. The minimum atomic E-state index is -0.734. The fraction of sp³-hybridized carbons (Fsp3) is 0.231. The van der Waals surface area contributed by atoms with Crippen LogP contribution >= 0.6 is 11.3 Å². The molecule has 3 aromatic heterocycles. The van der Waals surface area contributed by atoms with Gasteiger partial charge < -0.3 is 9.73 Å². The van der Waals surface area contributed by atoms with Crippen LogP contribution in [0.1, 0.15) is 41.4 Å². The van der Waals surface area contributed by atoms with Crippen LogP contribution in [0.4, 0.5) is 5.69 Å². The molecule has 0 spiro atoms. The van der Waals surface area contributed by atoms with Crippen LogP contribution in [0.25, 0.3) is 6.08 Å². The number of aromatic nitrogens is 3. The van der Waals surface area contributed by atoms with Gasteiger partial charge in [-0.3, -0.25) is 18.8 Å². The smallest absolute Gasteiger partial charge is 0.271 e. The molecule has 1 N–H and O–H groups in total. The highest BCUT2D eigenvalue weighted by Gasteiger charge is 2.34. The van der Waals surface area contributed by atoms with E-state index >= 15 is 0 Å². The SMILES string of the molecule is CC1=C(C(=O)Nc2ccccc2)C(c2ccc(C)o2)n2c(sc(=Cc3c(C)nn(C)c3C)c2=O)=N1. The Labute approximate surface area is 205 Å². The molecule has 4 heterocycles. The Morgan fingerprint density at radius 3 is 2.49 bits per heavy atom. The van der Waals surface area contributed by atoms with E-state index in [1.165, 1.54) is 11.3 Å². The number of carbonyl (C=O) groups excluding carboxylic acids is 1. The molecule has 1 unspecified atom stereocenters. The first-order chi connectivity index (χ1) is 16.7. The maximum Gasteiger partial charge on any atom is 0.271 e. The number of allylic oxidation sites excluding steroid dienone is 1. The first-order valence-electron chi connectivity index (χ1n) is 11.2. The number of para-hydroxylation sites is 1. The molecule has 0 bridgehead atoms. The predicted octanol–water partition coefficient (Wildman–Crippen LogP) is 3.13. The number of anilines is 1. The summed E-state index contributed by atoms with van der Waals surface area (Å²) in [5, 5.41) is 7.39. The van der Waals surface area contributed by atoms with Crippen LogP contribution in [-0.4, -0.2) is 20.3 Å². The van der Waals surface area contributed by atoms with Crippen molar-refractivity contribution in [2.45, 2.75) is 33.7 Å². The van der Waals surface area contributed by atoms with Crippen molar-refractivity contribution in [3.05, 3.63) is 102 Å². The van der Waals surface area contributed by atoms with E-state index in [1.807, 2.05) is 70.3 Å². The topological polar surface area (TPSA) is 94.4 Å². The second kappa shape index (κ2) is 8.66. The number of benzene rings is 1. The lowest BCUT2D eigenvalue weighted by Crippen LogP contribution is -2.40. The lowest BCUT2D eigenvalue weighted by molar-refractivity contribution is -0.113. The summed E-state index contributed by atoms with van der Waals surface area (Å²) in [6, 6.07) is 12.1. The van der Waals surface area contributed by atoms with Crippen molar-refractivity contribution in [2.75, 3.05) is 5.32 Å². The number of fused-ring (bicyclic) bond motifs is 1. The molecule has 0 fully saturated rings. The Morgan fingerprint density at radius 2 is 1.86 bits per heavy atom. The Hall–Kier alpha value is -3.98. The molecule has 1 amide bonds. The maximum absolute atomic E-state index is 13.7. The monoisotopic (exact) mass is 487 g/mol. The first-order valence-corrected chi connectivity index (χ1v) is 12.0. The number of hydrogen-bond donors (Lipinski definition) is 1. The summed E-state index contributed by atoms with van der Waals surface area (Å²) >= 11 is 1.29. The zero-order valence-corrected chi connectivity index (χ0v) is 20.9. The fourth-order valence-electron chi connectivity index (χ4n) is 4.33. The van der Waals surface area contributed by atoms with Crippen LogP contribution in [0, 0.1) is 20.8 Å². The number of thiazole rings is 1. The van der Waals surface area contributed by atoms with E-state index in [1.54, 1.807) is 22.2 Å². The van der Waals surface area contributed by atoms with Gasteiger partial charge in [-0.25, -0.2) is 4.99 Å². The van der Waals surface area contributed by atoms with Crippen LogP contribution < -0.4 is 20.2 Å². The zero-order chi connectivity index (χ0) is 24.9. The van der Waals surface area contributed by atoms with Gasteiger partial charge in [0, 0.05) is 24.0 Å². The molecular weight excluding hydrogens is 462 g/mol. The molecule has 5 rings (SSSR count). The second-order valence-corrected chi connectivity index (χ2v) is 9.57. The molecule has 35 heavy (non-hydrogen) atoms. The fourth-order valence-corrected chi connectivity index (χ4v) is 5.36. The van der Waals surface area contributed by atoms with E-state index in [0.29, 0.717) is 37.8 Å². The molecule has 0 aliphatic carbocycles. The van der Waals surface area contributed by atoms with Crippen LogP contribution in [0.5, 0.6) is 0 Å². The highest BCUT2D eigenvalue weighted by Crippen LogP contribution is 2.31. The third kappa shape index (κ3) is 3.97. The summed E-state index contributed by atoms with van der Waals surface area (Å²) in [6.45, 7) is 7.50. The van der Waals surface area contributed by atoms with Gasteiger partial charge in [-0.2, -0.15) is 5.10 Å². The van der Waals surface area contributed by atoms with Crippen molar-refractivity contribution in [1.82, 2.24) is 14.3 Å². The third-order valence-corrected chi connectivity index (χ3v) is 7.15. The number of amides is 1. The number of nitrogens with one attached hydrogen (secondary N) is 1. The highest BCUT2D eigenvalue weighted by atomic mass is 32.1. The lowest BCUT2D eigenvalue weighted by Gasteiger charge is -2.23. The molecular formula is C26H25N5O3S. The van der Waals surface area contributed by atoms with Crippen molar-refractivity contribution in [1.29, 1.82) is 0 Å². The Morgan fingerprint density at radius 1 is 1.11 bits per heavy atom. The van der Waals surface area contributed by atoms with Gasteiger partial charge in [-0.05, 0) is 58.0 Å². The van der Waals surface area contributed by atoms with Crippen LogP contribution in [0.2, 0.25) is 0 Å². The first kappa shape index (κ1) is 22.8. The van der Waals surface area contributed by atoms with E-state index in [4.69, 9.17) is 4.42 Å². The van der Waals surface area contributed by atoms with Gasteiger partial charge in [0.05, 0.1) is 21.5 Å². The largest absolute Gasteiger partial charge is 0.464 e. The molecule has 1 aliphatic heterocycles. The molecule has 8 nitrogen and oxygen atoms in total. The molecule has 4 aromatic rings. The average molecular weight is 488 g/mol. The van der Waals surface area contributed by atoms with Crippen molar-refractivity contribution in [2.24, 2.45) is 12.0 Å². The lowest BCUT2D eigenvalue weighted by atomic mass is 10.00. The van der Waals surface area contributed by atoms with E-state index in [9.17, 15) is 9.59 Å². The van der Waals surface area contributed by atoms with E-state index in [0.717, 1.165) is 17.0 Å². The van der Waals surface area contributed by atoms with Crippen molar-refractivity contribution in [3.63, 3.8) is 0 Å². The Bertz CT molecular complexity index is 1670. The average Bonchev–Trinajstić information content (AvgIpc) is 3.45. The van der Waals surface area contributed by atoms with Gasteiger partial charge in [0.2, 0.25) is 0 Å². The summed E-state index contributed by atoms with van der Waals surface area (Å²) in [6.07, 6.45) is 1.86. The van der Waals surface area contributed by atoms with Crippen LogP contribution in [0.3, 0.4) is 0 Å². The Kier molecular flexibility index (Phi) is 5.64. The molecule has 178 valence electrons. The Balaban J connectivity index is 1.69. The number of hydrogen-bond acceptors (Lipinski definition) is 6. The molecule has 0 saturated heterocycles. The minimum absolute atomic E-state index is 0.229. The number of rotatable bonds is 4. The third-order valence-electron chi connectivity index (χ3n) is 6.17. The van der Waals surface area contributed by atoms with Gasteiger partial charge in [-0.15, -0.1) is 0 Å². The molecule has 0 saturated carbocycles. The second-order valence-electron chi connectivity index (χ2n) is 8.56. The van der Waals surface area contributed by atoms with Crippen molar-refractivity contribution >= 4 is 29.0 Å². The number of furan rings is 1. The van der Waals surface area contributed by atoms with E-state index in [2.05, 4.69) is 15.4 Å². The molecule has 0 radical (unpaired) electrons. The zero-order valence-electron chi connectivity index (χ0n) is 20.1. The van der Waals surface area contributed by atoms with Gasteiger partial charge in [0.25, 0.3) is 11.5 Å². The predicted molar refractivity (Wildman–Crippen MR) is 135 cm³/mol. The summed E-state index contributed by atoms with van der Waals surface area (Å²) < 4.78 is 9.82. The van der Waals surface area contributed by atoms with E-state index in [-0.39, 0.29) is 11.5 Å². The summed E-state index contributed by atoms with van der Waals surface area (Å²) in [5.74, 6) is 0.877. The standard InChI is InChI=1S/C26H25N5O3S/c1-14-11-12-20(34-14)23-22(24(32)28-18-9-7-6-8-10-18)16(3)27-26-31(23)25(33)21(35-26)13-19-15(2)29-30(5)17(19)4/h6-13,23H,1-5H3,(H,28,32). The van der Waals surface area contributed by atoms with Crippen molar-refractivity contribution in [3.8, 4) is 0 Å². The number of nitrogens with zero attached hydrogens (tertiary/aromatic N) is 4. The van der Waals surface area contributed by atoms with Gasteiger partial charge in [0.1, 0.15) is 17.6 Å². The highest BCUT2D eigenvalue weighted by molar-refractivity contribution is 7.07. The van der Waals surface area contributed by atoms with Gasteiger partial charge >= 0.3 is 0 Å². The van der Waals surface area contributed by atoms with Crippen molar-refractivity contribution < 1.29 is 9.21 Å². The summed E-state index contributed by atoms with van der Waals surface area (Å²) in [7, 11) is 1.88. The van der Waals surface area contributed by atoms with Crippen LogP contribution in [0.15, 0.2) is 67.9 Å². The van der Waals surface area contributed by atoms with Gasteiger partial charge in [-0.1, -0.05) is 29.5 Å².